The minimum atomic E-state index is 0.179. The van der Waals surface area contributed by atoms with Gasteiger partial charge < -0.3 is 4.74 Å². The number of ether oxygens (including phenoxy) is 1. The molecule has 12 heavy (non-hydrogen) atoms. The lowest BCUT2D eigenvalue weighted by molar-refractivity contribution is 0.0754. The fourth-order valence-corrected chi connectivity index (χ4v) is 2.86. The monoisotopic (exact) mass is 252 g/mol. The normalized spacial score (nSPS) is 35.4. The minimum Gasteiger partial charge on any atom is -0.378 e. The van der Waals surface area contributed by atoms with E-state index in [0.717, 1.165) is 29.8 Å². The lowest BCUT2D eigenvalue weighted by atomic mass is 9.81. The number of alkyl halides is 1. The highest BCUT2D eigenvalue weighted by Crippen LogP contribution is 2.42. The topological polar surface area (TPSA) is 9.23 Å². The molecule has 1 aliphatic heterocycles. The average molecular weight is 254 g/mol. The van der Waals surface area contributed by atoms with E-state index in [1.165, 1.54) is 0 Å². The van der Waals surface area contributed by atoms with E-state index in [0.29, 0.717) is 0 Å². The molecule has 0 aliphatic carbocycles. The predicted molar refractivity (Wildman–Crippen MR) is 55.9 cm³/mol. The second-order valence-corrected chi connectivity index (χ2v) is 4.55. The number of hydrogen-bond acceptors (Lipinski definition) is 1. The van der Waals surface area contributed by atoms with E-state index in [9.17, 15) is 0 Å². The van der Waals surface area contributed by atoms with Gasteiger partial charge >= 0.3 is 0 Å². The van der Waals surface area contributed by atoms with E-state index in [1.54, 1.807) is 0 Å². The molecule has 0 aromatic rings. The van der Waals surface area contributed by atoms with Crippen molar-refractivity contribution in [2.45, 2.75) is 25.9 Å². The van der Waals surface area contributed by atoms with E-state index in [2.05, 4.69) is 29.4 Å². The first-order valence-electron chi connectivity index (χ1n) is 4.11. The van der Waals surface area contributed by atoms with Gasteiger partial charge in [0.05, 0.1) is 6.10 Å². The maximum Gasteiger partial charge on any atom is 0.0615 e. The van der Waals surface area contributed by atoms with Crippen molar-refractivity contribution in [1.29, 1.82) is 0 Å². The molecule has 2 atom stereocenters. The Kier molecular flexibility index (Phi) is 3.62. The molecule has 2 unspecified atom stereocenters. The van der Waals surface area contributed by atoms with Crippen LogP contribution in [0.15, 0.2) is 11.6 Å². The maximum absolute atomic E-state index is 5.82. The molecule has 0 aromatic carbocycles. The molecule has 0 bridgehead atoms. The van der Waals surface area contributed by atoms with Crippen LogP contribution in [-0.2, 0) is 4.74 Å². The first-order chi connectivity index (χ1) is 5.60. The summed E-state index contributed by atoms with van der Waals surface area (Å²) in [7, 11) is 0. The van der Waals surface area contributed by atoms with Crippen LogP contribution in [0.25, 0.3) is 0 Å². The molecule has 1 aliphatic rings. The Morgan fingerprint density at radius 3 is 2.83 bits per heavy atom. The van der Waals surface area contributed by atoms with Crippen LogP contribution in [0.5, 0.6) is 0 Å². The minimum absolute atomic E-state index is 0.179. The van der Waals surface area contributed by atoms with Crippen LogP contribution in [0.2, 0.25) is 0 Å². The first kappa shape index (κ1) is 10.6. The van der Waals surface area contributed by atoms with Gasteiger partial charge in [-0.1, -0.05) is 34.1 Å². The smallest absolute Gasteiger partial charge is 0.0615 e. The van der Waals surface area contributed by atoms with Crippen LogP contribution < -0.4 is 0 Å². The molecule has 0 N–H and O–H groups in total. The molecule has 1 heterocycles. The largest absolute Gasteiger partial charge is 0.378 e. The molecular weight excluding hydrogens is 239 g/mol. The highest BCUT2D eigenvalue weighted by atomic mass is 79.9. The summed E-state index contributed by atoms with van der Waals surface area (Å²) in [5, 5.41) is 1.67. The molecule has 1 nitrogen and oxygen atoms in total. The van der Waals surface area contributed by atoms with Crippen molar-refractivity contribution >= 4 is 27.5 Å². The van der Waals surface area contributed by atoms with Gasteiger partial charge in [0.25, 0.3) is 0 Å². The summed E-state index contributed by atoms with van der Waals surface area (Å²) in [4.78, 5) is 0. The third-order valence-electron chi connectivity index (χ3n) is 2.64. The molecule has 0 aromatic heterocycles. The Balaban J connectivity index is 2.67. The molecule has 1 rings (SSSR count). The second kappa shape index (κ2) is 4.12. The van der Waals surface area contributed by atoms with Crippen molar-refractivity contribution in [3.05, 3.63) is 11.6 Å². The van der Waals surface area contributed by atoms with Gasteiger partial charge in [-0.2, -0.15) is 0 Å². The van der Waals surface area contributed by atoms with Crippen LogP contribution in [0.3, 0.4) is 0 Å². The van der Waals surface area contributed by atoms with E-state index in [1.807, 2.05) is 0 Å². The van der Waals surface area contributed by atoms with E-state index in [-0.39, 0.29) is 11.5 Å². The Hall–Kier alpha value is 0.470. The molecule has 1 saturated heterocycles. The Labute approximate surface area is 87.2 Å². The summed E-state index contributed by atoms with van der Waals surface area (Å²) < 4.78 is 5.53. The zero-order chi connectivity index (χ0) is 9.19. The van der Waals surface area contributed by atoms with Crippen molar-refractivity contribution in [3.8, 4) is 0 Å². The van der Waals surface area contributed by atoms with Crippen molar-refractivity contribution in [2.24, 2.45) is 5.41 Å². The summed E-state index contributed by atoms with van der Waals surface area (Å²) in [6.07, 6.45) is 2.21. The molecule has 70 valence electrons. The average Bonchev–Trinajstić information content (AvgIpc) is 2.32. The van der Waals surface area contributed by atoms with Crippen LogP contribution in [0.4, 0.5) is 0 Å². The third kappa shape index (κ3) is 2.04. The summed E-state index contributed by atoms with van der Waals surface area (Å²) in [5.41, 5.74) is 0.179. The van der Waals surface area contributed by atoms with Crippen molar-refractivity contribution in [1.82, 2.24) is 0 Å². The summed E-state index contributed by atoms with van der Waals surface area (Å²) in [5.74, 6) is 0. The Morgan fingerprint density at radius 1 is 1.83 bits per heavy atom. The highest BCUT2D eigenvalue weighted by molar-refractivity contribution is 9.09. The zero-order valence-corrected chi connectivity index (χ0v) is 9.62. The fraction of sp³-hybridized carbons (Fsp3) is 0.778. The van der Waals surface area contributed by atoms with Gasteiger partial charge in [-0.25, -0.2) is 0 Å². The van der Waals surface area contributed by atoms with Crippen molar-refractivity contribution in [2.75, 3.05) is 11.9 Å². The van der Waals surface area contributed by atoms with Crippen molar-refractivity contribution in [3.63, 3.8) is 0 Å². The molecule has 0 amide bonds. The van der Waals surface area contributed by atoms with Gasteiger partial charge in [-0.3, -0.25) is 0 Å². The van der Waals surface area contributed by atoms with E-state index >= 15 is 0 Å². The Bertz CT molecular complexity index is 183. The molecule has 0 radical (unpaired) electrons. The van der Waals surface area contributed by atoms with Crippen LogP contribution >= 0.6 is 27.5 Å². The second-order valence-electron chi connectivity index (χ2n) is 3.45. The lowest BCUT2D eigenvalue weighted by Gasteiger charge is -2.29. The Morgan fingerprint density at radius 2 is 2.50 bits per heavy atom. The predicted octanol–water partition coefficient (Wildman–Crippen LogP) is 3.32. The molecular formula is C9H14BrClO. The van der Waals surface area contributed by atoms with Gasteiger partial charge in [0.2, 0.25) is 0 Å². The first-order valence-corrected chi connectivity index (χ1v) is 5.61. The number of halogens is 2. The van der Waals surface area contributed by atoms with Gasteiger partial charge in [0, 0.05) is 22.4 Å². The van der Waals surface area contributed by atoms with E-state index < -0.39 is 0 Å². The summed E-state index contributed by atoms with van der Waals surface area (Å²) in [6.45, 7) is 6.68. The van der Waals surface area contributed by atoms with Crippen LogP contribution in [0, 0.1) is 5.41 Å². The highest BCUT2D eigenvalue weighted by Gasteiger charge is 2.40. The van der Waals surface area contributed by atoms with E-state index in [4.69, 9.17) is 16.3 Å². The van der Waals surface area contributed by atoms with Gasteiger partial charge in [0.15, 0.2) is 0 Å². The lowest BCUT2D eigenvalue weighted by Crippen LogP contribution is -2.30. The molecule has 0 saturated carbocycles. The number of rotatable bonds is 3. The summed E-state index contributed by atoms with van der Waals surface area (Å²) in [6, 6.07) is 0. The zero-order valence-electron chi connectivity index (χ0n) is 7.28. The standard InChI is InChI=1S/C9H14BrClO/c1-7(11)5-9(6-10)3-4-12-8(9)2/h8H,1,3-6H2,2H3. The number of allylic oxidation sites excluding steroid dienone is 1. The quantitative estimate of drug-likeness (QED) is 0.701. The van der Waals surface area contributed by atoms with Gasteiger partial charge in [-0.15, -0.1) is 0 Å². The maximum atomic E-state index is 5.82. The molecule has 0 spiro atoms. The number of hydrogen-bond donors (Lipinski definition) is 0. The van der Waals surface area contributed by atoms with Gasteiger partial charge in [0.1, 0.15) is 0 Å². The third-order valence-corrected chi connectivity index (χ3v) is 3.89. The van der Waals surface area contributed by atoms with Crippen LogP contribution in [0.1, 0.15) is 19.8 Å². The summed E-state index contributed by atoms with van der Waals surface area (Å²) >= 11 is 9.34. The van der Waals surface area contributed by atoms with Gasteiger partial charge in [-0.05, 0) is 19.8 Å². The SMILES string of the molecule is C=C(Cl)CC1(CBr)CCOC1C. The fourth-order valence-electron chi connectivity index (χ4n) is 1.66. The molecule has 1 fully saturated rings. The van der Waals surface area contributed by atoms with Crippen molar-refractivity contribution < 1.29 is 4.74 Å². The van der Waals surface area contributed by atoms with Crippen LogP contribution in [-0.4, -0.2) is 18.0 Å². The molecule has 3 heteroatoms.